The van der Waals surface area contributed by atoms with Gasteiger partial charge in [0.2, 0.25) is 0 Å². The summed E-state index contributed by atoms with van der Waals surface area (Å²) in [5.41, 5.74) is 2.76. The molecule has 2 aliphatic rings. The highest BCUT2D eigenvalue weighted by Gasteiger charge is 2.34. The molecular weight excluding hydrogens is 462 g/mol. The van der Waals surface area contributed by atoms with Crippen LogP contribution in [0, 0.1) is 5.92 Å². The minimum atomic E-state index is 0.00783. The third-order valence-electron chi connectivity index (χ3n) is 6.56. The Hall–Kier alpha value is -3.58. The normalized spacial score (nSPS) is 16.1. The van der Waals surface area contributed by atoms with Gasteiger partial charge in [-0.2, -0.15) is 0 Å². The van der Waals surface area contributed by atoms with Crippen molar-refractivity contribution in [3.05, 3.63) is 71.4 Å². The van der Waals surface area contributed by atoms with Gasteiger partial charge in [0, 0.05) is 30.7 Å². The van der Waals surface area contributed by atoms with Crippen LogP contribution in [0.4, 0.5) is 16.3 Å². The summed E-state index contributed by atoms with van der Waals surface area (Å²) < 4.78 is 5.32. The van der Waals surface area contributed by atoms with Crippen LogP contribution >= 0.6 is 11.6 Å². The lowest BCUT2D eigenvalue weighted by molar-refractivity contribution is 0.185. The molecule has 1 aromatic heterocycles. The van der Waals surface area contributed by atoms with Crippen LogP contribution in [0.1, 0.15) is 18.4 Å². The Kier molecular flexibility index (Phi) is 6.59. The number of allylic oxidation sites excluding steroid dienone is 1. The van der Waals surface area contributed by atoms with Crippen LogP contribution in [0.25, 0.3) is 17.5 Å². The van der Waals surface area contributed by atoms with Crippen molar-refractivity contribution in [1.29, 1.82) is 0 Å². The van der Waals surface area contributed by atoms with E-state index < -0.39 is 0 Å². The molecular formula is C27H28ClN5O2. The molecule has 2 aliphatic heterocycles. The Morgan fingerprint density at radius 3 is 2.66 bits per heavy atom. The van der Waals surface area contributed by atoms with E-state index in [9.17, 15) is 4.79 Å². The molecule has 0 atom stereocenters. The summed E-state index contributed by atoms with van der Waals surface area (Å²) in [6, 6.07) is 15.5. The zero-order valence-corrected chi connectivity index (χ0v) is 20.7. The summed E-state index contributed by atoms with van der Waals surface area (Å²) >= 11 is 5.97. The summed E-state index contributed by atoms with van der Waals surface area (Å²) in [7, 11) is 3.58. The molecule has 180 valence electrons. The minimum absolute atomic E-state index is 0.00783. The molecule has 3 heterocycles. The molecule has 1 saturated heterocycles. The first-order chi connectivity index (χ1) is 17.0. The van der Waals surface area contributed by atoms with Crippen molar-refractivity contribution < 1.29 is 9.53 Å². The van der Waals surface area contributed by atoms with Crippen LogP contribution in [-0.4, -0.2) is 54.8 Å². The van der Waals surface area contributed by atoms with E-state index in [0.29, 0.717) is 18.4 Å². The van der Waals surface area contributed by atoms with Crippen molar-refractivity contribution in [1.82, 2.24) is 14.9 Å². The molecule has 35 heavy (non-hydrogen) atoms. The third-order valence-corrected chi connectivity index (χ3v) is 6.81. The maximum absolute atomic E-state index is 13.4. The number of benzene rings is 2. The molecule has 3 aromatic rings. The molecule has 0 radical (unpaired) electrons. The average molecular weight is 490 g/mol. The van der Waals surface area contributed by atoms with Crippen LogP contribution in [0.15, 0.2) is 60.8 Å². The van der Waals surface area contributed by atoms with Gasteiger partial charge in [-0.3, -0.25) is 4.90 Å². The second-order valence-corrected chi connectivity index (χ2v) is 9.36. The van der Waals surface area contributed by atoms with Crippen molar-refractivity contribution in [2.75, 3.05) is 43.7 Å². The van der Waals surface area contributed by atoms with E-state index in [-0.39, 0.29) is 6.03 Å². The largest absolute Gasteiger partial charge is 0.497 e. The fourth-order valence-corrected chi connectivity index (χ4v) is 4.66. The second-order valence-electron chi connectivity index (χ2n) is 8.92. The number of piperidine rings is 1. The number of rotatable bonds is 4. The number of nitrogens with zero attached hydrogens (tertiary/aromatic N) is 5. The first kappa shape index (κ1) is 23.2. The predicted molar refractivity (Wildman–Crippen MR) is 140 cm³/mol. The van der Waals surface area contributed by atoms with Crippen molar-refractivity contribution >= 4 is 35.2 Å². The van der Waals surface area contributed by atoms with Crippen LogP contribution in [0.2, 0.25) is 5.02 Å². The highest BCUT2D eigenvalue weighted by Crippen LogP contribution is 2.35. The maximum atomic E-state index is 13.4. The minimum Gasteiger partial charge on any atom is -0.497 e. The van der Waals surface area contributed by atoms with E-state index in [2.05, 4.69) is 17.1 Å². The van der Waals surface area contributed by atoms with Gasteiger partial charge in [-0.1, -0.05) is 48.0 Å². The SMILES string of the molecule is COc1cccc(-c2ncc3c(n2)N(C)CN3C(=O)N2CCC(/C=C/c3ccc(Cl)cc3)CC2)c1. The second kappa shape index (κ2) is 9.96. The lowest BCUT2D eigenvalue weighted by Gasteiger charge is -2.33. The molecule has 8 heteroatoms. The van der Waals surface area contributed by atoms with Crippen molar-refractivity contribution in [3.63, 3.8) is 0 Å². The number of ether oxygens (including phenoxy) is 1. The molecule has 0 spiro atoms. The Bertz CT molecular complexity index is 1240. The van der Waals surface area contributed by atoms with Gasteiger partial charge >= 0.3 is 6.03 Å². The van der Waals surface area contributed by atoms with Gasteiger partial charge in [0.1, 0.15) is 18.1 Å². The number of halogens is 1. The number of hydrogen-bond donors (Lipinski definition) is 0. The lowest BCUT2D eigenvalue weighted by atomic mass is 9.96. The lowest BCUT2D eigenvalue weighted by Crippen LogP contribution is -2.47. The quantitative estimate of drug-likeness (QED) is 0.479. The molecule has 0 aliphatic carbocycles. The first-order valence-electron chi connectivity index (χ1n) is 11.7. The van der Waals surface area contributed by atoms with Crippen molar-refractivity contribution in [2.45, 2.75) is 12.8 Å². The van der Waals surface area contributed by atoms with Gasteiger partial charge in [0.15, 0.2) is 11.6 Å². The molecule has 0 saturated carbocycles. The summed E-state index contributed by atoms with van der Waals surface area (Å²) in [5.74, 6) is 2.57. The molecule has 0 unspecified atom stereocenters. The Morgan fingerprint density at radius 2 is 1.91 bits per heavy atom. The highest BCUT2D eigenvalue weighted by molar-refractivity contribution is 6.30. The van der Waals surface area contributed by atoms with Crippen LogP contribution in [0.3, 0.4) is 0 Å². The molecule has 0 N–H and O–H groups in total. The predicted octanol–water partition coefficient (Wildman–Crippen LogP) is 5.56. The van der Waals surface area contributed by atoms with Crippen molar-refractivity contribution in [2.24, 2.45) is 5.92 Å². The molecule has 1 fully saturated rings. The molecule has 2 aromatic carbocycles. The van der Waals surface area contributed by atoms with Gasteiger partial charge in [0.05, 0.1) is 13.3 Å². The highest BCUT2D eigenvalue weighted by atomic mass is 35.5. The van der Waals surface area contributed by atoms with E-state index in [0.717, 1.165) is 59.3 Å². The number of likely N-dealkylation sites (tertiary alicyclic amines) is 1. The molecule has 0 bridgehead atoms. The van der Waals surface area contributed by atoms with Crippen LogP contribution in [-0.2, 0) is 0 Å². The molecule has 2 amide bonds. The van der Waals surface area contributed by atoms with Gasteiger partial charge in [-0.25, -0.2) is 14.8 Å². The van der Waals surface area contributed by atoms with Crippen molar-refractivity contribution in [3.8, 4) is 17.1 Å². The van der Waals surface area contributed by atoms with Gasteiger partial charge < -0.3 is 14.5 Å². The van der Waals surface area contributed by atoms with E-state index in [4.69, 9.17) is 21.3 Å². The number of carbonyl (C=O) groups excluding carboxylic acids is 1. The topological polar surface area (TPSA) is 61.8 Å². The summed E-state index contributed by atoms with van der Waals surface area (Å²) in [6.07, 6.45) is 8.02. The van der Waals surface area contributed by atoms with E-state index in [1.54, 1.807) is 18.2 Å². The fraction of sp³-hybridized carbons (Fsp3) is 0.296. The van der Waals surface area contributed by atoms with E-state index in [1.165, 1.54) is 0 Å². The number of hydrogen-bond acceptors (Lipinski definition) is 5. The number of amides is 2. The zero-order chi connectivity index (χ0) is 24.4. The third kappa shape index (κ3) is 4.95. The first-order valence-corrected chi connectivity index (χ1v) is 12.1. The van der Waals surface area contributed by atoms with Gasteiger partial charge in [-0.05, 0) is 48.6 Å². The zero-order valence-electron chi connectivity index (χ0n) is 19.9. The maximum Gasteiger partial charge on any atom is 0.326 e. The van der Waals surface area contributed by atoms with E-state index in [1.807, 2.05) is 65.4 Å². The standard InChI is InChI=1S/C27H28ClN5O2/c1-31-18-33(24-17-29-25(30-26(24)31)21-4-3-5-23(16-21)35-2)27(34)32-14-12-20(13-15-32)7-6-19-8-10-22(28)11-9-19/h3-11,16-17,20H,12-15,18H2,1-2H3/b7-6+. The number of carbonyl (C=O) groups is 1. The summed E-state index contributed by atoms with van der Waals surface area (Å²) in [4.78, 5) is 28.4. The Labute approximate surface area is 210 Å². The number of urea groups is 1. The number of anilines is 2. The Balaban J connectivity index is 1.24. The fourth-order valence-electron chi connectivity index (χ4n) is 4.53. The smallest absolute Gasteiger partial charge is 0.326 e. The number of aromatic nitrogens is 2. The van der Waals surface area contributed by atoms with Gasteiger partial charge in [0.25, 0.3) is 0 Å². The van der Waals surface area contributed by atoms with Crippen LogP contribution in [0.5, 0.6) is 5.75 Å². The molecule has 7 nitrogen and oxygen atoms in total. The van der Waals surface area contributed by atoms with Crippen LogP contribution < -0.4 is 14.5 Å². The molecule has 5 rings (SSSR count). The number of methoxy groups -OCH3 is 1. The Morgan fingerprint density at radius 1 is 1.14 bits per heavy atom. The van der Waals surface area contributed by atoms with Gasteiger partial charge in [-0.15, -0.1) is 0 Å². The average Bonchev–Trinajstić information content (AvgIpc) is 3.24. The number of fused-ring (bicyclic) bond motifs is 1. The monoisotopic (exact) mass is 489 g/mol. The summed E-state index contributed by atoms with van der Waals surface area (Å²) in [6.45, 7) is 1.92. The van der Waals surface area contributed by atoms with E-state index >= 15 is 0 Å². The summed E-state index contributed by atoms with van der Waals surface area (Å²) in [5, 5.41) is 0.741.